The zero-order valence-electron chi connectivity index (χ0n) is 25.6. The lowest BCUT2D eigenvalue weighted by Crippen LogP contribution is -2.21. The van der Waals surface area contributed by atoms with Gasteiger partial charge in [-0.15, -0.1) is 0 Å². The van der Waals surface area contributed by atoms with Gasteiger partial charge >= 0.3 is 11.9 Å². The summed E-state index contributed by atoms with van der Waals surface area (Å²) in [4.78, 5) is 23.3. The molecule has 0 aromatic heterocycles. The van der Waals surface area contributed by atoms with Crippen LogP contribution >= 0.6 is 0 Å². The number of hydrogen-bond donors (Lipinski definition) is 4. The van der Waals surface area contributed by atoms with E-state index >= 15 is 0 Å². The molecule has 0 unspecified atom stereocenters. The van der Waals surface area contributed by atoms with Crippen LogP contribution in [0.25, 0.3) is 6.08 Å². The highest BCUT2D eigenvalue weighted by Crippen LogP contribution is 2.25. The van der Waals surface area contributed by atoms with Crippen LogP contribution < -0.4 is 0 Å². The molecule has 1 aromatic rings. The molecule has 0 aliphatic carbocycles. The van der Waals surface area contributed by atoms with Crippen LogP contribution in [0, 0.1) is 0 Å². The molecule has 1 aromatic carbocycles. The Kier molecular flexibility index (Phi) is 23.2. The average Bonchev–Trinajstić information content (AvgIpc) is 2.98. The first-order valence-corrected chi connectivity index (χ1v) is 16.2. The molecule has 0 aliphatic rings. The number of carbonyl (C=O) groups excluding carboxylic acids is 2. The number of aromatic hydroxyl groups is 2. The van der Waals surface area contributed by atoms with E-state index in [0.29, 0.717) is 18.6 Å². The van der Waals surface area contributed by atoms with Crippen LogP contribution in [-0.2, 0) is 19.1 Å². The predicted molar refractivity (Wildman–Crippen MR) is 166 cm³/mol. The SMILES string of the molecule is O=C(C=Cc1ccc(O)c(O)c1)OCCCCCCCCCCCCCCCCCCCCCC(=O)OC[C@H](O)CO. The first-order valence-electron chi connectivity index (χ1n) is 16.2. The largest absolute Gasteiger partial charge is 0.504 e. The van der Waals surface area contributed by atoms with Gasteiger partial charge in [0, 0.05) is 12.5 Å². The van der Waals surface area contributed by atoms with E-state index in [1.807, 2.05) is 0 Å². The fourth-order valence-corrected chi connectivity index (χ4v) is 4.72. The van der Waals surface area contributed by atoms with Gasteiger partial charge in [0.1, 0.15) is 12.7 Å². The number of rotatable bonds is 27. The fraction of sp³-hybridized carbons (Fsp3) is 0.706. The van der Waals surface area contributed by atoms with Crippen molar-refractivity contribution >= 4 is 18.0 Å². The third kappa shape index (κ3) is 22.1. The molecule has 1 rings (SSSR count). The van der Waals surface area contributed by atoms with E-state index in [-0.39, 0.29) is 30.7 Å². The standard InChI is InChI=1S/C34H56O8/c35-27-30(36)28-42-33(39)20-18-16-14-12-10-8-6-4-2-1-3-5-7-9-11-13-15-17-19-25-41-34(40)24-22-29-21-23-31(37)32(38)26-29/h21-24,26,30,35-38H,1-20,25,27-28H2/t30-/m1/s1. The van der Waals surface area contributed by atoms with Gasteiger partial charge in [-0.3, -0.25) is 4.79 Å². The molecule has 1 atom stereocenters. The van der Waals surface area contributed by atoms with Gasteiger partial charge in [-0.1, -0.05) is 115 Å². The van der Waals surface area contributed by atoms with Crippen molar-refractivity contribution in [3.8, 4) is 11.5 Å². The number of ether oxygens (including phenoxy) is 2. The lowest BCUT2D eigenvalue weighted by atomic mass is 10.0. The molecule has 4 N–H and O–H groups in total. The van der Waals surface area contributed by atoms with Gasteiger partial charge in [-0.2, -0.15) is 0 Å². The van der Waals surface area contributed by atoms with Crippen LogP contribution in [-0.4, -0.2) is 58.3 Å². The van der Waals surface area contributed by atoms with Crippen molar-refractivity contribution in [1.29, 1.82) is 0 Å². The zero-order chi connectivity index (χ0) is 30.7. The molecule has 0 spiro atoms. The lowest BCUT2D eigenvalue weighted by molar-refractivity contribution is -0.147. The van der Waals surface area contributed by atoms with Gasteiger partial charge in [0.2, 0.25) is 0 Å². The molecule has 0 bridgehead atoms. The second-order valence-corrected chi connectivity index (χ2v) is 11.2. The molecule has 42 heavy (non-hydrogen) atoms. The second-order valence-electron chi connectivity index (χ2n) is 11.2. The maximum absolute atomic E-state index is 11.8. The summed E-state index contributed by atoms with van der Waals surface area (Å²) in [5.41, 5.74) is 0.619. The minimum absolute atomic E-state index is 0.125. The molecule has 0 saturated heterocycles. The minimum atomic E-state index is -0.978. The molecule has 0 aliphatic heterocycles. The van der Waals surface area contributed by atoms with Crippen LogP contribution in [0.2, 0.25) is 0 Å². The summed E-state index contributed by atoms with van der Waals surface area (Å²) in [5.74, 6) is -1.10. The number of esters is 2. The van der Waals surface area contributed by atoms with Crippen molar-refractivity contribution in [1.82, 2.24) is 0 Å². The third-order valence-electron chi connectivity index (χ3n) is 7.33. The highest BCUT2D eigenvalue weighted by Gasteiger charge is 2.07. The smallest absolute Gasteiger partial charge is 0.330 e. The molecule has 8 heteroatoms. The topological polar surface area (TPSA) is 134 Å². The number of aliphatic hydroxyl groups excluding tert-OH is 2. The number of unbranched alkanes of at least 4 members (excludes halogenated alkanes) is 18. The highest BCUT2D eigenvalue weighted by atomic mass is 16.5. The molecular weight excluding hydrogens is 536 g/mol. The minimum Gasteiger partial charge on any atom is -0.504 e. The number of aliphatic hydroxyl groups is 2. The molecule has 0 fully saturated rings. The number of hydrogen-bond acceptors (Lipinski definition) is 8. The van der Waals surface area contributed by atoms with Gasteiger partial charge in [-0.25, -0.2) is 4.79 Å². The quantitative estimate of drug-likeness (QED) is 0.0361. The average molecular weight is 593 g/mol. The summed E-state index contributed by atoms with van der Waals surface area (Å²) in [6.45, 7) is -0.0914. The van der Waals surface area contributed by atoms with E-state index in [2.05, 4.69) is 0 Å². The first kappa shape index (κ1) is 37.4. The van der Waals surface area contributed by atoms with Crippen molar-refractivity contribution in [3.05, 3.63) is 29.8 Å². The van der Waals surface area contributed by atoms with Gasteiger partial charge in [0.25, 0.3) is 0 Å². The molecule has 8 nitrogen and oxygen atoms in total. The normalized spacial score (nSPS) is 12.0. The van der Waals surface area contributed by atoms with E-state index in [0.717, 1.165) is 32.1 Å². The van der Waals surface area contributed by atoms with Crippen molar-refractivity contribution in [2.24, 2.45) is 0 Å². The Morgan fingerprint density at radius 1 is 0.667 bits per heavy atom. The number of phenolic OH excluding ortho intramolecular Hbond substituents is 2. The van der Waals surface area contributed by atoms with Crippen LogP contribution in [0.5, 0.6) is 11.5 Å². The Balaban J connectivity index is 1.76. The number of phenols is 2. The van der Waals surface area contributed by atoms with Gasteiger partial charge in [0.05, 0.1) is 13.2 Å². The van der Waals surface area contributed by atoms with Crippen LogP contribution in [0.3, 0.4) is 0 Å². The summed E-state index contributed by atoms with van der Waals surface area (Å²) in [5, 5.41) is 36.6. The fourth-order valence-electron chi connectivity index (χ4n) is 4.72. The van der Waals surface area contributed by atoms with E-state index in [1.165, 1.54) is 108 Å². The van der Waals surface area contributed by atoms with Crippen molar-refractivity contribution in [3.63, 3.8) is 0 Å². The lowest BCUT2D eigenvalue weighted by Gasteiger charge is -2.08. The van der Waals surface area contributed by atoms with Crippen molar-refractivity contribution in [2.45, 2.75) is 135 Å². The number of carbonyl (C=O) groups is 2. The summed E-state index contributed by atoms with van der Waals surface area (Å²) in [7, 11) is 0. The Morgan fingerprint density at radius 3 is 1.62 bits per heavy atom. The molecule has 0 saturated carbocycles. The van der Waals surface area contributed by atoms with Gasteiger partial charge < -0.3 is 29.9 Å². The van der Waals surface area contributed by atoms with E-state index in [9.17, 15) is 19.8 Å². The summed E-state index contributed by atoms with van der Waals surface area (Å²) >= 11 is 0. The number of benzene rings is 1. The Morgan fingerprint density at radius 2 is 1.14 bits per heavy atom. The van der Waals surface area contributed by atoms with Gasteiger partial charge in [0.15, 0.2) is 11.5 Å². The van der Waals surface area contributed by atoms with Crippen LogP contribution in [0.1, 0.15) is 134 Å². The molecule has 0 amide bonds. The monoisotopic (exact) mass is 592 g/mol. The van der Waals surface area contributed by atoms with E-state index in [4.69, 9.17) is 19.7 Å². The molecule has 0 radical (unpaired) electrons. The first-order chi connectivity index (χ1) is 20.4. The molecule has 0 heterocycles. The maximum atomic E-state index is 11.8. The second kappa shape index (κ2) is 26.1. The van der Waals surface area contributed by atoms with Crippen LogP contribution in [0.4, 0.5) is 0 Å². The maximum Gasteiger partial charge on any atom is 0.330 e. The van der Waals surface area contributed by atoms with Gasteiger partial charge in [-0.05, 0) is 36.6 Å². The van der Waals surface area contributed by atoms with Crippen molar-refractivity contribution < 1.29 is 39.5 Å². The predicted octanol–water partition coefficient (Wildman–Crippen LogP) is 7.35. The highest BCUT2D eigenvalue weighted by molar-refractivity contribution is 5.87. The molecule has 240 valence electrons. The summed E-state index contributed by atoms with van der Waals surface area (Å²) < 4.78 is 10.1. The van der Waals surface area contributed by atoms with Crippen molar-refractivity contribution in [2.75, 3.05) is 19.8 Å². The molecular formula is C34H56O8. The van der Waals surface area contributed by atoms with E-state index in [1.54, 1.807) is 12.1 Å². The van der Waals surface area contributed by atoms with E-state index < -0.39 is 12.1 Å². The zero-order valence-corrected chi connectivity index (χ0v) is 25.6. The third-order valence-corrected chi connectivity index (χ3v) is 7.33. The summed E-state index contributed by atoms with van der Waals surface area (Å²) in [6.07, 6.45) is 25.4. The Labute approximate surface area is 253 Å². The Bertz CT molecular complexity index is 854. The Hall–Kier alpha value is -2.58. The summed E-state index contributed by atoms with van der Waals surface area (Å²) in [6, 6.07) is 4.37. The van der Waals surface area contributed by atoms with Crippen LogP contribution in [0.15, 0.2) is 24.3 Å².